The van der Waals surface area contributed by atoms with E-state index in [-0.39, 0.29) is 11.7 Å². The van der Waals surface area contributed by atoms with Crippen molar-refractivity contribution in [2.24, 2.45) is 5.92 Å². The van der Waals surface area contributed by atoms with Gasteiger partial charge in [0.15, 0.2) is 0 Å². The molecule has 0 N–H and O–H groups in total. The lowest BCUT2D eigenvalue weighted by Gasteiger charge is -2.07. The van der Waals surface area contributed by atoms with Gasteiger partial charge < -0.3 is 4.74 Å². The van der Waals surface area contributed by atoms with Crippen LogP contribution in [-0.4, -0.2) is 12.4 Å². The molecule has 0 amide bonds. The Hall–Kier alpha value is -1.15. The molecule has 0 aliphatic carbocycles. The Morgan fingerprint density at radius 3 is 2.59 bits per heavy atom. The van der Waals surface area contributed by atoms with Crippen LogP contribution in [0.15, 0.2) is 30.3 Å². The Bertz CT molecular complexity index is 319. The number of carbonyl (C=O) groups excluding carboxylic acids is 1. The molecule has 0 radical (unpaired) electrons. The van der Waals surface area contributed by atoms with Gasteiger partial charge in [0.1, 0.15) is 5.78 Å². The predicted molar refractivity (Wildman–Crippen MR) is 69.8 cm³/mol. The number of rotatable bonds is 8. The molecule has 0 fully saturated rings. The summed E-state index contributed by atoms with van der Waals surface area (Å²) in [5.74, 6) is 0.485. The zero-order valence-electron chi connectivity index (χ0n) is 10.8. The molecule has 0 saturated heterocycles. The highest BCUT2D eigenvalue weighted by atomic mass is 16.5. The third kappa shape index (κ3) is 6.22. The molecule has 1 atom stereocenters. The molecule has 94 valence electrons. The summed E-state index contributed by atoms with van der Waals surface area (Å²) in [7, 11) is 0. The highest BCUT2D eigenvalue weighted by Gasteiger charge is 2.06. The SMILES string of the molecule is CC(=O)C(C)CCCCOCc1ccccc1. The third-order valence-electron chi connectivity index (χ3n) is 2.98. The molecule has 0 spiro atoms. The van der Waals surface area contributed by atoms with Crippen LogP contribution in [0, 0.1) is 5.92 Å². The first-order valence-electron chi connectivity index (χ1n) is 6.32. The summed E-state index contributed by atoms with van der Waals surface area (Å²) in [6.45, 7) is 5.12. The van der Waals surface area contributed by atoms with Gasteiger partial charge in [-0.3, -0.25) is 4.79 Å². The molecule has 0 saturated carbocycles. The average molecular weight is 234 g/mol. The number of hydrogen-bond acceptors (Lipinski definition) is 2. The zero-order chi connectivity index (χ0) is 12.5. The van der Waals surface area contributed by atoms with Gasteiger partial charge in [-0.05, 0) is 25.3 Å². The van der Waals surface area contributed by atoms with Crippen molar-refractivity contribution in [3.8, 4) is 0 Å². The third-order valence-corrected chi connectivity index (χ3v) is 2.98. The summed E-state index contributed by atoms with van der Waals surface area (Å²) in [6, 6.07) is 10.2. The van der Waals surface area contributed by atoms with Crippen LogP contribution >= 0.6 is 0 Å². The molecule has 1 rings (SSSR count). The maximum atomic E-state index is 11.0. The summed E-state index contributed by atoms with van der Waals surface area (Å²) in [5, 5.41) is 0. The minimum absolute atomic E-state index is 0.198. The van der Waals surface area contributed by atoms with Crippen molar-refractivity contribution in [3.05, 3.63) is 35.9 Å². The van der Waals surface area contributed by atoms with Gasteiger partial charge in [0.25, 0.3) is 0 Å². The number of benzene rings is 1. The van der Waals surface area contributed by atoms with E-state index in [1.165, 1.54) is 5.56 Å². The second-order valence-electron chi connectivity index (χ2n) is 4.55. The molecule has 1 aromatic carbocycles. The minimum atomic E-state index is 0.198. The van der Waals surface area contributed by atoms with Crippen LogP contribution in [0.5, 0.6) is 0 Å². The van der Waals surface area contributed by atoms with Crippen molar-refractivity contribution in [2.75, 3.05) is 6.61 Å². The standard InChI is InChI=1S/C15H22O2/c1-13(14(2)16)8-6-7-11-17-12-15-9-4-3-5-10-15/h3-5,9-10,13H,6-8,11-12H2,1-2H3. The van der Waals surface area contributed by atoms with E-state index in [0.29, 0.717) is 6.61 Å². The van der Waals surface area contributed by atoms with Crippen LogP contribution in [0.1, 0.15) is 38.7 Å². The number of carbonyl (C=O) groups is 1. The fourth-order valence-electron chi connectivity index (χ4n) is 1.62. The van der Waals surface area contributed by atoms with Crippen LogP contribution in [0.2, 0.25) is 0 Å². The molecule has 0 aliphatic rings. The quantitative estimate of drug-likeness (QED) is 0.642. The van der Waals surface area contributed by atoms with Gasteiger partial charge in [-0.1, -0.05) is 43.7 Å². The van der Waals surface area contributed by atoms with Crippen molar-refractivity contribution < 1.29 is 9.53 Å². The minimum Gasteiger partial charge on any atom is -0.377 e. The number of ketones is 1. The first-order valence-corrected chi connectivity index (χ1v) is 6.32. The van der Waals surface area contributed by atoms with E-state index in [1.807, 2.05) is 25.1 Å². The molecule has 2 heteroatoms. The molecule has 1 aromatic rings. The highest BCUT2D eigenvalue weighted by molar-refractivity contribution is 5.77. The first kappa shape index (κ1) is 13.9. The van der Waals surface area contributed by atoms with Gasteiger partial charge in [0.2, 0.25) is 0 Å². The van der Waals surface area contributed by atoms with Crippen molar-refractivity contribution in [2.45, 2.75) is 39.7 Å². The van der Waals surface area contributed by atoms with Crippen LogP contribution in [0.25, 0.3) is 0 Å². The van der Waals surface area contributed by atoms with Crippen molar-refractivity contribution >= 4 is 5.78 Å². The lowest BCUT2D eigenvalue weighted by atomic mass is 10.0. The second kappa shape index (κ2) is 8.02. The van der Waals surface area contributed by atoms with Gasteiger partial charge in [-0.25, -0.2) is 0 Å². The number of ether oxygens (including phenoxy) is 1. The van der Waals surface area contributed by atoms with Gasteiger partial charge in [-0.15, -0.1) is 0 Å². The zero-order valence-corrected chi connectivity index (χ0v) is 10.8. The fourth-order valence-corrected chi connectivity index (χ4v) is 1.62. The Morgan fingerprint density at radius 1 is 1.24 bits per heavy atom. The Balaban J connectivity index is 2.00. The summed E-state index contributed by atoms with van der Waals surface area (Å²) in [4.78, 5) is 11.0. The molecular weight excluding hydrogens is 212 g/mol. The molecule has 2 nitrogen and oxygen atoms in total. The summed E-state index contributed by atoms with van der Waals surface area (Å²) in [6.07, 6.45) is 3.07. The lowest BCUT2D eigenvalue weighted by Crippen LogP contribution is -2.06. The normalized spacial score (nSPS) is 12.4. The Morgan fingerprint density at radius 2 is 1.94 bits per heavy atom. The van der Waals surface area contributed by atoms with Gasteiger partial charge in [0.05, 0.1) is 6.61 Å². The Labute approximate surface area is 104 Å². The Kier molecular flexibility index (Phi) is 6.56. The number of Topliss-reactive ketones (excluding diaryl/α,β-unsaturated/α-hetero) is 1. The smallest absolute Gasteiger partial charge is 0.132 e. The van der Waals surface area contributed by atoms with E-state index in [2.05, 4.69) is 12.1 Å². The molecule has 17 heavy (non-hydrogen) atoms. The van der Waals surface area contributed by atoms with Crippen LogP contribution in [0.3, 0.4) is 0 Å². The molecule has 0 aliphatic heterocycles. The highest BCUT2D eigenvalue weighted by Crippen LogP contribution is 2.09. The van der Waals surface area contributed by atoms with Crippen molar-refractivity contribution in [1.29, 1.82) is 0 Å². The largest absolute Gasteiger partial charge is 0.377 e. The van der Waals surface area contributed by atoms with E-state index in [4.69, 9.17) is 4.74 Å². The molecule has 1 unspecified atom stereocenters. The topological polar surface area (TPSA) is 26.3 Å². The van der Waals surface area contributed by atoms with E-state index >= 15 is 0 Å². The van der Waals surface area contributed by atoms with E-state index in [0.717, 1.165) is 25.9 Å². The molecular formula is C15H22O2. The molecule has 0 aromatic heterocycles. The second-order valence-corrected chi connectivity index (χ2v) is 4.55. The maximum Gasteiger partial charge on any atom is 0.132 e. The van der Waals surface area contributed by atoms with Crippen LogP contribution < -0.4 is 0 Å². The van der Waals surface area contributed by atoms with Gasteiger partial charge in [-0.2, -0.15) is 0 Å². The lowest BCUT2D eigenvalue weighted by molar-refractivity contribution is -0.120. The summed E-state index contributed by atoms with van der Waals surface area (Å²) < 4.78 is 5.58. The first-order chi connectivity index (χ1) is 8.20. The van der Waals surface area contributed by atoms with E-state index in [9.17, 15) is 4.79 Å². The predicted octanol–water partition coefficient (Wildman–Crippen LogP) is 3.60. The number of hydrogen-bond donors (Lipinski definition) is 0. The summed E-state index contributed by atoms with van der Waals surface area (Å²) >= 11 is 0. The van der Waals surface area contributed by atoms with E-state index in [1.54, 1.807) is 6.92 Å². The molecule has 0 heterocycles. The van der Waals surface area contributed by atoms with Crippen molar-refractivity contribution in [1.82, 2.24) is 0 Å². The van der Waals surface area contributed by atoms with Crippen molar-refractivity contribution in [3.63, 3.8) is 0 Å². The molecule has 0 bridgehead atoms. The van der Waals surface area contributed by atoms with Gasteiger partial charge in [0, 0.05) is 12.5 Å². The maximum absolute atomic E-state index is 11.0. The van der Waals surface area contributed by atoms with Crippen LogP contribution in [0.4, 0.5) is 0 Å². The van der Waals surface area contributed by atoms with E-state index < -0.39 is 0 Å². The monoisotopic (exact) mass is 234 g/mol. The number of unbranched alkanes of at least 4 members (excludes halogenated alkanes) is 1. The fraction of sp³-hybridized carbons (Fsp3) is 0.533. The average Bonchev–Trinajstić information content (AvgIpc) is 2.34. The summed E-state index contributed by atoms with van der Waals surface area (Å²) in [5.41, 5.74) is 1.21. The van der Waals surface area contributed by atoms with Crippen LogP contribution in [-0.2, 0) is 16.1 Å². The van der Waals surface area contributed by atoms with Gasteiger partial charge >= 0.3 is 0 Å².